The summed E-state index contributed by atoms with van der Waals surface area (Å²) >= 11 is 0. The molecule has 11 heavy (non-hydrogen) atoms. The summed E-state index contributed by atoms with van der Waals surface area (Å²) in [7, 11) is 0. The Balaban J connectivity index is 2.35. The minimum absolute atomic E-state index is 0.235. The van der Waals surface area contributed by atoms with Gasteiger partial charge in [-0.15, -0.1) is 0 Å². The van der Waals surface area contributed by atoms with Crippen LogP contribution in [0.4, 0.5) is 0 Å². The molecule has 0 aromatic heterocycles. The molecule has 64 valence electrons. The van der Waals surface area contributed by atoms with Crippen LogP contribution in [0.1, 0.15) is 6.92 Å². The summed E-state index contributed by atoms with van der Waals surface area (Å²) in [5.41, 5.74) is 5.29. The highest BCUT2D eigenvalue weighted by Crippen LogP contribution is 2.04. The molecule has 0 aromatic rings. The first kappa shape index (κ1) is 8.49. The highest BCUT2D eigenvalue weighted by molar-refractivity contribution is 5.78. The second-order valence-electron chi connectivity index (χ2n) is 2.92. The van der Waals surface area contributed by atoms with E-state index in [1.54, 1.807) is 0 Å². The topological polar surface area (TPSA) is 62.3 Å². The van der Waals surface area contributed by atoms with Crippen molar-refractivity contribution in [2.24, 2.45) is 5.73 Å². The smallest absolute Gasteiger partial charge is 0.105 e. The van der Waals surface area contributed by atoms with E-state index in [0.29, 0.717) is 12.6 Å². The Morgan fingerprint density at radius 1 is 1.82 bits per heavy atom. The lowest BCUT2D eigenvalue weighted by Crippen LogP contribution is -2.47. The number of nitrogens with two attached hydrogens (primary N) is 1. The van der Waals surface area contributed by atoms with E-state index in [-0.39, 0.29) is 5.84 Å². The summed E-state index contributed by atoms with van der Waals surface area (Å²) in [4.78, 5) is 2.16. The molecular weight excluding hydrogens is 142 g/mol. The zero-order valence-corrected chi connectivity index (χ0v) is 6.84. The number of rotatable bonds is 2. The maximum absolute atomic E-state index is 7.12. The maximum Gasteiger partial charge on any atom is 0.105 e. The van der Waals surface area contributed by atoms with Gasteiger partial charge >= 0.3 is 0 Å². The summed E-state index contributed by atoms with van der Waals surface area (Å²) in [6.07, 6.45) is 0. The van der Waals surface area contributed by atoms with E-state index in [4.69, 9.17) is 15.9 Å². The first-order valence-corrected chi connectivity index (χ1v) is 3.85. The second kappa shape index (κ2) is 3.69. The number of hydrogen-bond donors (Lipinski definition) is 2. The molecule has 1 unspecified atom stereocenters. The third-order valence-electron chi connectivity index (χ3n) is 1.88. The zero-order chi connectivity index (χ0) is 8.27. The van der Waals surface area contributed by atoms with Gasteiger partial charge in [0.2, 0.25) is 0 Å². The zero-order valence-electron chi connectivity index (χ0n) is 6.84. The first-order chi connectivity index (χ1) is 5.20. The highest BCUT2D eigenvalue weighted by Gasteiger charge is 2.18. The number of hydrogen-bond acceptors (Lipinski definition) is 3. The van der Waals surface area contributed by atoms with Crippen LogP contribution in [0.25, 0.3) is 0 Å². The Morgan fingerprint density at radius 3 is 3.09 bits per heavy atom. The van der Waals surface area contributed by atoms with E-state index in [9.17, 15) is 0 Å². The van der Waals surface area contributed by atoms with Crippen LogP contribution in [-0.2, 0) is 4.74 Å². The van der Waals surface area contributed by atoms with Gasteiger partial charge in [-0.2, -0.15) is 0 Å². The Morgan fingerprint density at radius 2 is 2.55 bits per heavy atom. The van der Waals surface area contributed by atoms with Gasteiger partial charge in [0.05, 0.1) is 19.8 Å². The van der Waals surface area contributed by atoms with Crippen molar-refractivity contribution in [1.29, 1.82) is 5.41 Å². The lowest BCUT2D eigenvalue weighted by atomic mass is 10.2. The number of nitrogens with zero attached hydrogens (tertiary/aromatic N) is 1. The summed E-state index contributed by atoms with van der Waals surface area (Å²) in [5, 5.41) is 7.12. The Kier molecular flexibility index (Phi) is 2.84. The third-order valence-corrected chi connectivity index (χ3v) is 1.88. The standard InChI is InChI=1S/C7H15N3O/c1-6-5-11-3-2-10(6)4-7(8)9/h6H,2-5H2,1H3,(H3,8,9). The van der Waals surface area contributed by atoms with Gasteiger partial charge in [0, 0.05) is 12.6 Å². The molecule has 0 spiro atoms. The van der Waals surface area contributed by atoms with Gasteiger partial charge in [-0.05, 0) is 6.92 Å². The molecule has 0 aromatic carbocycles. The molecule has 0 bridgehead atoms. The van der Waals surface area contributed by atoms with Crippen LogP contribution in [0.2, 0.25) is 0 Å². The van der Waals surface area contributed by atoms with Crippen LogP contribution < -0.4 is 5.73 Å². The van der Waals surface area contributed by atoms with Crippen molar-refractivity contribution in [3.8, 4) is 0 Å². The van der Waals surface area contributed by atoms with Gasteiger partial charge in [0.25, 0.3) is 0 Å². The predicted molar refractivity (Wildman–Crippen MR) is 43.8 cm³/mol. The molecule has 0 saturated carbocycles. The van der Waals surface area contributed by atoms with Crippen molar-refractivity contribution in [2.75, 3.05) is 26.3 Å². The van der Waals surface area contributed by atoms with E-state index in [1.807, 2.05) is 0 Å². The number of morpholine rings is 1. The molecule has 1 aliphatic heterocycles. The number of nitrogens with one attached hydrogen (secondary N) is 1. The Labute approximate surface area is 66.8 Å². The van der Waals surface area contributed by atoms with Crippen molar-refractivity contribution in [1.82, 2.24) is 4.90 Å². The highest BCUT2D eigenvalue weighted by atomic mass is 16.5. The number of amidine groups is 1. The van der Waals surface area contributed by atoms with Crippen molar-refractivity contribution >= 4 is 5.84 Å². The van der Waals surface area contributed by atoms with Gasteiger partial charge in [-0.1, -0.05) is 0 Å². The normalized spacial score (nSPS) is 26.8. The van der Waals surface area contributed by atoms with Gasteiger partial charge in [-0.25, -0.2) is 0 Å². The summed E-state index contributed by atoms with van der Waals surface area (Å²) in [5.74, 6) is 0.235. The van der Waals surface area contributed by atoms with Crippen molar-refractivity contribution in [2.45, 2.75) is 13.0 Å². The molecule has 0 amide bonds. The summed E-state index contributed by atoms with van der Waals surface area (Å²) < 4.78 is 5.24. The molecule has 3 N–H and O–H groups in total. The Hall–Kier alpha value is -0.610. The van der Waals surface area contributed by atoms with Crippen molar-refractivity contribution in [3.05, 3.63) is 0 Å². The third kappa shape index (κ3) is 2.48. The molecule has 1 aliphatic rings. The van der Waals surface area contributed by atoms with Crippen LogP contribution in [0.3, 0.4) is 0 Å². The number of ether oxygens (including phenoxy) is 1. The minimum atomic E-state index is 0.235. The van der Waals surface area contributed by atoms with E-state index in [2.05, 4.69) is 11.8 Å². The van der Waals surface area contributed by atoms with E-state index in [0.717, 1.165) is 19.8 Å². The molecule has 0 radical (unpaired) electrons. The largest absolute Gasteiger partial charge is 0.387 e. The average molecular weight is 157 g/mol. The van der Waals surface area contributed by atoms with Crippen molar-refractivity contribution in [3.63, 3.8) is 0 Å². The molecule has 1 rings (SSSR count). The maximum atomic E-state index is 7.12. The first-order valence-electron chi connectivity index (χ1n) is 3.85. The quantitative estimate of drug-likeness (QED) is 0.425. The van der Waals surface area contributed by atoms with Gasteiger partial charge < -0.3 is 10.5 Å². The van der Waals surface area contributed by atoms with E-state index < -0.39 is 0 Å². The molecular formula is C7H15N3O. The SMILES string of the molecule is CC1COCCN1CC(=N)N. The fourth-order valence-electron chi connectivity index (χ4n) is 1.22. The summed E-state index contributed by atoms with van der Waals surface area (Å²) in [6.45, 7) is 5.07. The minimum Gasteiger partial charge on any atom is -0.387 e. The molecule has 1 saturated heterocycles. The molecule has 1 heterocycles. The molecule has 0 aliphatic carbocycles. The summed E-state index contributed by atoms with van der Waals surface area (Å²) in [6, 6.07) is 0.396. The van der Waals surface area contributed by atoms with E-state index in [1.165, 1.54) is 0 Å². The van der Waals surface area contributed by atoms with Crippen LogP contribution in [-0.4, -0.2) is 43.1 Å². The lowest BCUT2D eigenvalue weighted by molar-refractivity contribution is 0.00738. The lowest BCUT2D eigenvalue weighted by Gasteiger charge is -2.32. The fraction of sp³-hybridized carbons (Fsp3) is 0.857. The monoisotopic (exact) mass is 157 g/mol. The van der Waals surface area contributed by atoms with Crippen LogP contribution in [0.5, 0.6) is 0 Å². The molecule has 4 nitrogen and oxygen atoms in total. The second-order valence-corrected chi connectivity index (χ2v) is 2.92. The van der Waals surface area contributed by atoms with Gasteiger partial charge in [0.15, 0.2) is 0 Å². The molecule has 1 fully saturated rings. The van der Waals surface area contributed by atoms with Crippen LogP contribution in [0.15, 0.2) is 0 Å². The fourth-order valence-corrected chi connectivity index (χ4v) is 1.22. The van der Waals surface area contributed by atoms with Gasteiger partial charge in [0.1, 0.15) is 5.84 Å². The predicted octanol–water partition coefficient (Wildman–Crippen LogP) is -0.357. The molecule has 1 atom stereocenters. The Bertz CT molecular complexity index is 149. The van der Waals surface area contributed by atoms with Crippen LogP contribution >= 0.6 is 0 Å². The van der Waals surface area contributed by atoms with Gasteiger partial charge in [-0.3, -0.25) is 10.3 Å². The average Bonchev–Trinajstić information content (AvgIpc) is 1.93. The van der Waals surface area contributed by atoms with Crippen LogP contribution in [0, 0.1) is 5.41 Å². The van der Waals surface area contributed by atoms with E-state index >= 15 is 0 Å². The van der Waals surface area contributed by atoms with Crippen molar-refractivity contribution < 1.29 is 4.74 Å². The molecule has 4 heteroatoms.